The van der Waals surface area contributed by atoms with Crippen molar-refractivity contribution in [3.8, 4) is 5.75 Å². The largest absolute Gasteiger partial charge is 0.497 e. The van der Waals surface area contributed by atoms with Crippen molar-refractivity contribution in [3.63, 3.8) is 0 Å². The van der Waals surface area contributed by atoms with Gasteiger partial charge in [-0.1, -0.05) is 32.4 Å². The Bertz CT molecular complexity index is 414. The van der Waals surface area contributed by atoms with Crippen LogP contribution in [0.3, 0.4) is 0 Å². The molecule has 3 nitrogen and oxygen atoms in total. The molecule has 1 aliphatic carbocycles. The first-order valence-electron chi connectivity index (χ1n) is 8.33. The number of likely N-dealkylation sites (N-methyl/N-ethyl adjacent to an activating group) is 1. The smallest absolute Gasteiger partial charge is 0.118 e. The average Bonchev–Trinajstić information content (AvgIpc) is 2.49. The summed E-state index contributed by atoms with van der Waals surface area (Å²) in [6.07, 6.45) is 5.16. The van der Waals surface area contributed by atoms with Crippen LogP contribution in [0.25, 0.3) is 0 Å². The molecule has 118 valence electrons. The van der Waals surface area contributed by atoms with Crippen LogP contribution in [0.15, 0.2) is 24.3 Å². The van der Waals surface area contributed by atoms with Gasteiger partial charge in [0, 0.05) is 18.6 Å². The van der Waals surface area contributed by atoms with Gasteiger partial charge in [-0.25, -0.2) is 0 Å². The number of benzene rings is 1. The average molecular weight is 290 g/mol. The lowest BCUT2D eigenvalue weighted by molar-refractivity contribution is 0.121. The van der Waals surface area contributed by atoms with Gasteiger partial charge in [-0.3, -0.25) is 4.90 Å². The van der Waals surface area contributed by atoms with Crippen molar-refractivity contribution in [1.82, 2.24) is 4.90 Å². The molecule has 0 amide bonds. The molecule has 0 heterocycles. The maximum Gasteiger partial charge on any atom is 0.118 e. The summed E-state index contributed by atoms with van der Waals surface area (Å²) in [5.74, 6) is 1.78. The highest BCUT2D eigenvalue weighted by Gasteiger charge is 2.28. The van der Waals surface area contributed by atoms with E-state index in [1.165, 1.54) is 31.4 Å². The Morgan fingerprint density at radius 3 is 2.33 bits per heavy atom. The SMILES string of the molecule is CCC(N)C(c1ccc(OC)cc1)N(CC)CC1CCC1. The van der Waals surface area contributed by atoms with Crippen LogP contribution in [0.5, 0.6) is 5.75 Å². The maximum atomic E-state index is 6.46. The van der Waals surface area contributed by atoms with Crippen molar-refractivity contribution < 1.29 is 4.74 Å². The molecule has 2 N–H and O–H groups in total. The van der Waals surface area contributed by atoms with Crippen LogP contribution < -0.4 is 10.5 Å². The zero-order valence-corrected chi connectivity index (χ0v) is 13.7. The molecule has 2 atom stereocenters. The lowest BCUT2D eigenvalue weighted by Gasteiger charge is -2.39. The van der Waals surface area contributed by atoms with E-state index in [9.17, 15) is 0 Å². The topological polar surface area (TPSA) is 38.5 Å². The second kappa shape index (κ2) is 7.81. The van der Waals surface area contributed by atoms with Crippen molar-refractivity contribution in [2.24, 2.45) is 11.7 Å². The molecule has 0 aromatic heterocycles. The number of nitrogens with zero attached hydrogens (tertiary/aromatic N) is 1. The minimum Gasteiger partial charge on any atom is -0.497 e. The molecular formula is C18H30N2O. The number of methoxy groups -OCH3 is 1. The molecule has 2 unspecified atom stereocenters. The molecule has 2 rings (SSSR count). The Kier molecular flexibility index (Phi) is 6.07. The summed E-state index contributed by atoms with van der Waals surface area (Å²) >= 11 is 0. The van der Waals surface area contributed by atoms with Crippen LogP contribution >= 0.6 is 0 Å². The summed E-state index contributed by atoms with van der Waals surface area (Å²) in [7, 11) is 1.71. The number of rotatable bonds is 8. The summed E-state index contributed by atoms with van der Waals surface area (Å²) in [6, 6.07) is 8.92. The molecule has 1 aliphatic rings. The van der Waals surface area contributed by atoms with Crippen molar-refractivity contribution in [2.75, 3.05) is 20.2 Å². The predicted octanol–water partition coefficient (Wildman–Crippen LogP) is 3.60. The Morgan fingerprint density at radius 1 is 1.24 bits per heavy atom. The van der Waals surface area contributed by atoms with Gasteiger partial charge in [-0.15, -0.1) is 0 Å². The lowest BCUT2D eigenvalue weighted by atomic mass is 9.84. The van der Waals surface area contributed by atoms with Crippen LogP contribution in [-0.4, -0.2) is 31.1 Å². The van der Waals surface area contributed by atoms with Gasteiger partial charge < -0.3 is 10.5 Å². The second-order valence-corrected chi connectivity index (χ2v) is 6.17. The summed E-state index contributed by atoms with van der Waals surface area (Å²) in [6.45, 7) is 6.66. The Labute approximate surface area is 129 Å². The Balaban J connectivity index is 2.17. The fourth-order valence-electron chi connectivity index (χ4n) is 3.20. The van der Waals surface area contributed by atoms with E-state index in [4.69, 9.17) is 10.5 Å². The number of hydrogen-bond donors (Lipinski definition) is 1. The van der Waals surface area contributed by atoms with Crippen LogP contribution in [0.2, 0.25) is 0 Å². The minimum absolute atomic E-state index is 0.179. The molecular weight excluding hydrogens is 260 g/mol. The molecule has 1 aromatic rings. The van der Waals surface area contributed by atoms with E-state index in [-0.39, 0.29) is 6.04 Å². The zero-order valence-electron chi connectivity index (χ0n) is 13.7. The molecule has 0 bridgehead atoms. The van der Waals surface area contributed by atoms with Crippen LogP contribution in [0.1, 0.15) is 51.1 Å². The Hall–Kier alpha value is -1.06. The normalized spacial score (nSPS) is 18.3. The second-order valence-electron chi connectivity index (χ2n) is 6.17. The summed E-state index contributed by atoms with van der Waals surface area (Å²) in [5.41, 5.74) is 7.77. The quantitative estimate of drug-likeness (QED) is 0.795. The third-order valence-electron chi connectivity index (χ3n) is 4.85. The van der Waals surface area contributed by atoms with E-state index in [0.29, 0.717) is 6.04 Å². The molecule has 21 heavy (non-hydrogen) atoms. The molecule has 0 aliphatic heterocycles. The summed E-state index contributed by atoms with van der Waals surface area (Å²) in [5, 5.41) is 0. The van der Waals surface area contributed by atoms with Gasteiger partial charge in [0.15, 0.2) is 0 Å². The van der Waals surface area contributed by atoms with Gasteiger partial charge >= 0.3 is 0 Å². The van der Waals surface area contributed by atoms with E-state index in [1.54, 1.807) is 7.11 Å². The van der Waals surface area contributed by atoms with Crippen LogP contribution in [-0.2, 0) is 0 Å². The van der Waals surface area contributed by atoms with E-state index in [2.05, 4.69) is 30.9 Å². The monoisotopic (exact) mass is 290 g/mol. The molecule has 0 saturated heterocycles. The highest BCUT2D eigenvalue weighted by atomic mass is 16.5. The van der Waals surface area contributed by atoms with Gasteiger partial charge in [-0.05, 0) is 49.4 Å². The van der Waals surface area contributed by atoms with Crippen molar-refractivity contribution in [2.45, 2.75) is 51.6 Å². The van der Waals surface area contributed by atoms with Crippen molar-refractivity contribution in [3.05, 3.63) is 29.8 Å². The van der Waals surface area contributed by atoms with Crippen LogP contribution in [0, 0.1) is 5.92 Å². The Morgan fingerprint density at radius 2 is 1.90 bits per heavy atom. The third-order valence-corrected chi connectivity index (χ3v) is 4.85. The van der Waals surface area contributed by atoms with Crippen LogP contribution in [0.4, 0.5) is 0 Å². The minimum atomic E-state index is 0.179. The zero-order chi connectivity index (χ0) is 15.2. The van der Waals surface area contributed by atoms with Gasteiger partial charge in [0.2, 0.25) is 0 Å². The third kappa shape index (κ3) is 3.98. The lowest BCUT2D eigenvalue weighted by Crippen LogP contribution is -2.43. The van der Waals surface area contributed by atoms with E-state index in [1.807, 2.05) is 12.1 Å². The van der Waals surface area contributed by atoms with Crippen molar-refractivity contribution >= 4 is 0 Å². The molecule has 1 saturated carbocycles. The molecule has 0 radical (unpaired) electrons. The summed E-state index contributed by atoms with van der Waals surface area (Å²) in [4.78, 5) is 2.57. The van der Waals surface area contributed by atoms with Gasteiger partial charge in [0.1, 0.15) is 5.75 Å². The van der Waals surface area contributed by atoms with E-state index in [0.717, 1.165) is 24.6 Å². The first-order valence-corrected chi connectivity index (χ1v) is 8.33. The molecule has 3 heteroatoms. The molecule has 0 spiro atoms. The summed E-state index contributed by atoms with van der Waals surface area (Å²) < 4.78 is 5.27. The molecule has 1 fully saturated rings. The standard InChI is InChI=1S/C18H30N2O/c1-4-17(19)18(15-9-11-16(21-3)12-10-15)20(5-2)13-14-7-6-8-14/h9-12,14,17-18H,4-8,13,19H2,1-3H3. The van der Waals surface area contributed by atoms with Gasteiger partial charge in [0.25, 0.3) is 0 Å². The van der Waals surface area contributed by atoms with E-state index >= 15 is 0 Å². The maximum absolute atomic E-state index is 6.46. The van der Waals surface area contributed by atoms with Gasteiger partial charge in [-0.2, -0.15) is 0 Å². The first kappa shape index (κ1) is 16.3. The van der Waals surface area contributed by atoms with Gasteiger partial charge in [0.05, 0.1) is 7.11 Å². The van der Waals surface area contributed by atoms with Crippen molar-refractivity contribution in [1.29, 1.82) is 0 Å². The highest BCUT2D eigenvalue weighted by Crippen LogP contribution is 2.32. The fourth-order valence-corrected chi connectivity index (χ4v) is 3.20. The van der Waals surface area contributed by atoms with E-state index < -0.39 is 0 Å². The predicted molar refractivity (Wildman–Crippen MR) is 88.6 cm³/mol. The fraction of sp³-hybridized carbons (Fsp3) is 0.667. The first-order chi connectivity index (χ1) is 10.2. The number of nitrogens with two attached hydrogens (primary N) is 1. The molecule has 1 aromatic carbocycles. The number of hydrogen-bond acceptors (Lipinski definition) is 3. The highest BCUT2D eigenvalue weighted by molar-refractivity contribution is 5.30. The number of ether oxygens (including phenoxy) is 1.